The molecule has 2 aromatic carbocycles. The summed E-state index contributed by atoms with van der Waals surface area (Å²) in [4.78, 5) is 50.5. The second-order valence-electron chi connectivity index (χ2n) is 6.80. The molecular weight excluding hydrogens is 418 g/mol. The maximum Gasteiger partial charge on any atom is 0.412 e. The number of ether oxygens (including phenoxy) is 4. The van der Waals surface area contributed by atoms with E-state index in [0.29, 0.717) is 5.56 Å². The van der Waals surface area contributed by atoms with E-state index in [0.717, 1.165) is 18.7 Å². The van der Waals surface area contributed by atoms with E-state index < -0.39 is 23.6 Å². The van der Waals surface area contributed by atoms with Crippen LogP contribution in [0.3, 0.4) is 0 Å². The topological polar surface area (TPSA) is 117 Å². The summed E-state index contributed by atoms with van der Waals surface area (Å²) in [5.74, 6) is -2.08. The van der Waals surface area contributed by atoms with Crippen molar-refractivity contribution in [2.24, 2.45) is 0 Å². The van der Waals surface area contributed by atoms with Crippen LogP contribution in [0.4, 0.5) is 4.79 Å². The van der Waals surface area contributed by atoms with Gasteiger partial charge in [0.1, 0.15) is 17.9 Å². The summed E-state index contributed by atoms with van der Waals surface area (Å²) in [5, 5.41) is 2.30. The Bertz CT molecular complexity index is 1100. The lowest BCUT2D eigenvalue weighted by Crippen LogP contribution is -2.33. The number of methoxy groups -OCH3 is 2. The Kier molecular flexibility index (Phi) is 7.01. The number of alkyl carbamates (subject to hydrolysis) is 1. The lowest BCUT2D eigenvalue weighted by atomic mass is 9.86. The third-order valence-electron chi connectivity index (χ3n) is 4.64. The van der Waals surface area contributed by atoms with Gasteiger partial charge >= 0.3 is 12.1 Å². The number of hydrogen-bond donors (Lipinski definition) is 1. The number of Topliss-reactive ketones (excluding diaryl/α,β-unsaturated/α-hetero) is 1. The second-order valence-corrected chi connectivity index (χ2v) is 6.80. The van der Waals surface area contributed by atoms with Gasteiger partial charge < -0.3 is 18.9 Å². The molecule has 3 rings (SSSR count). The van der Waals surface area contributed by atoms with Crippen molar-refractivity contribution in [3.05, 3.63) is 76.0 Å². The number of allylic oxidation sites excluding steroid dienone is 2. The molecule has 0 bridgehead atoms. The Labute approximate surface area is 183 Å². The highest BCUT2D eigenvalue weighted by Gasteiger charge is 2.35. The van der Waals surface area contributed by atoms with E-state index in [4.69, 9.17) is 18.9 Å². The van der Waals surface area contributed by atoms with E-state index in [-0.39, 0.29) is 41.5 Å². The van der Waals surface area contributed by atoms with Crippen LogP contribution in [0.25, 0.3) is 0 Å². The molecule has 0 radical (unpaired) electrons. The van der Waals surface area contributed by atoms with Crippen LogP contribution in [0.1, 0.15) is 42.2 Å². The van der Waals surface area contributed by atoms with Gasteiger partial charge in [-0.05, 0) is 24.1 Å². The standard InChI is InChI=1S/C23H21NO8/c1-13-9-15-18(19(22(27)30-3)21(13)32-12-29-2)17(25)10-16(20(15)26)24-23(28)31-11-14-7-5-4-6-8-14/h4-10H,11-12H2,1-3H3,(H,24,28). The smallest absolute Gasteiger partial charge is 0.412 e. The minimum absolute atomic E-state index is 0.00945. The van der Waals surface area contributed by atoms with Crippen LogP contribution in [0.15, 0.2) is 48.2 Å². The quantitative estimate of drug-likeness (QED) is 0.517. The van der Waals surface area contributed by atoms with Crippen LogP contribution in [-0.4, -0.2) is 44.6 Å². The maximum atomic E-state index is 13.0. The molecule has 9 heteroatoms. The molecule has 32 heavy (non-hydrogen) atoms. The number of nitrogens with one attached hydrogen (secondary N) is 1. The first-order chi connectivity index (χ1) is 15.4. The van der Waals surface area contributed by atoms with E-state index in [1.54, 1.807) is 31.2 Å². The summed E-state index contributed by atoms with van der Waals surface area (Å²) in [6, 6.07) is 10.4. The van der Waals surface area contributed by atoms with Gasteiger partial charge in [-0.2, -0.15) is 0 Å². The number of fused-ring (bicyclic) bond motifs is 1. The van der Waals surface area contributed by atoms with Crippen molar-refractivity contribution in [3.8, 4) is 5.75 Å². The van der Waals surface area contributed by atoms with Gasteiger partial charge in [-0.15, -0.1) is 0 Å². The highest BCUT2D eigenvalue weighted by molar-refractivity contribution is 6.28. The Morgan fingerprint density at radius 3 is 2.44 bits per heavy atom. The molecule has 1 amide bonds. The molecule has 0 aromatic heterocycles. The molecule has 0 spiro atoms. The summed E-state index contributed by atoms with van der Waals surface area (Å²) in [6.07, 6.45) is 0.0470. The number of amides is 1. The fraction of sp³-hybridized carbons (Fsp3) is 0.217. The zero-order valence-corrected chi connectivity index (χ0v) is 17.7. The number of aryl methyl sites for hydroxylation is 1. The van der Waals surface area contributed by atoms with Crippen LogP contribution in [0.2, 0.25) is 0 Å². The van der Waals surface area contributed by atoms with Crippen molar-refractivity contribution >= 4 is 23.6 Å². The van der Waals surface area contributed by atoms with E-state index in [9.17, 15) is 19.2 Å². The molecule has 0 aliphatic heterocycles. The first-order valence-electron chi connectivity index (χ1n) is 9.53. The molecule has 1 aliphatic carbocycles. The third-order valence-corrected chi connectivity index (χ3v) is 4.64. The summed E-state index contributed by atoms with van der Waals surface area (Å²) >= 11 is 0. The average molecular weight is 439 g/mol. The molecule has 0 fully saturated rings. The Hall–Kier alpha value is -3.98. The molecule has 166 valence electrons. The second kappa shape index (κ2) is 9.88. The molecule has 0 atom stereocenters. The predicted molar refractivity (Wildman–Crippen MR) is 112 cm³/mol. The lowest BCUT2D eigenvalue weighted by molar-refractivity contribution is 0.0458. The third kappa shape index (κ3) is 4.68. The number of benzene rings is 2. The molecule has 1 N–H and O–H groups in total. The van der Waals surface area contributed by atoms with Gasteiger partial charge in [0.25, 0.3) is 0 Å². The van der Waals surface area contributed by atoms with E-state index in [1.165, 1.54) is 13.2 Å². The molecule has 0 heterocycles. The Morgan fingerprint density at radius 2 is 1.78 bits per heavy atom. The van der Waals surface area contributed by atoms with Gasteiger partial charge in [0, 0.05) is 18.7 Å². The molecule has 1 aliphatic rings. The molecular formula is C23H21NO8. The monoisotopic (exact) mass is 439 g/mol. The summed E-state index contributed by atoms with van der Waals surface area (Å²) in [6.45, 7) is 1.42. The van der Waals surface area contributed by atoms with Gasteiger partial charge in [0.15, 0.2) is 12.6 Å². The molecule has 0 saturated heterocycles. The van der Waals surface area contributed by atoms with Crippen molar-refractivity contribution in [1.29, 1.82) is 0 Å². The summed E-state index contributed by atoms with van der Waals surface area (Å²) in [7, 11) is 2.55. The van der Waals surface area contributed by atoms with Crippen molar-refractivity contribution in [3.63, 3.8) is 0 Å². The van der Waals surface area contributed by atoms with Gasteiger partial charge in [0.05, 0.1) is 18.4 Å². The summed E-state index contributed by atoms with van der Waals surface area (Å²) < 4.78 is 20.2. The first kappa shape index (κ1) is 22.7. The number of esters is 1. The van der Waals surface area contributed by atoms with Crippen molar-refractivity contribution < 1.29 is 38.1 Å². The Balaban J connectivity index is 1.89. The number of carbonyl (C=O) groups excluding carboxylic acids is 4. The van der Waals surface area contributed by atoms with Crippen LogP contribution < -0.4 is 10.1 Å². The normalized spacial score (nSPS) is 12.5. The number of hydrogen-bond acceptors (Lipinski definition) is 8. The summed E-state index contributed by atoms with van der Waals surface area (Å²) in [5.41, 5.74) is 0.506. The number of ketones is 2. The van der Waals surface area contributed by atoms with Crippen LogP contribution in [0, 0.1) is 6.92 Å². The zero-order valence-electron chi connectivity index (χ0n) is 17.7. The zero-order chi connectivity index (χ0) is 23.3. The van der Waals surface area contributed by atoms with E-state index in [2.05, 4.69) is 5.32 Å². The molecule has 0 unspecified atom stereocenters. The highest BCUT2D eigenvalue weighted by atomic mass is 16.7. The predicted octanol–water partition coefficient (Wildman–Crippen LogP) is 2.95. The maximum absolute atomic E-state index is 13.0. The Morgan fingerprint density at radius 1 is 1.06 bits per heavy atom. The van der Waals surface area contributed by atoms with Crippen LogP contribution in [-0.2, 0) is 20.8 Å². The van der Waals surface area contributed by atoms with Crippen LogP contribution >= 0.6 is 0 Å². The van der Waals surface area contributed by atoms with Crippen LogP contribution in [0.5, 0.6) is 5.75 Å². The first-order valence-corrected chi connectivity index (χ1v) is 9.53. The lowest BCUT2D eigenvalue weighted by Gasteiger charge is -2.21. The highest BCUT2D eigenvalue weighted by Crippen LogP contribution is 2.34. The van der Waals surface area contributed by atoms with Gasteiger partial charge in [0.2, 0.25) is 5.78 Å². The largest absolute Gasteiger partial charge is 0.466 e. The minimum Gasteiger partial charge on any atom is -0.466 e. The van der Waals surface area contributed by atoms with E-state index >= 15 is 0 Å². The van der Waals surface area contributed by atoms with E-state index in [1.807, 2.05) is 6.07 Å². The van der Waals surface area contributed by atoms with Gasteiger partial charge in [-0.25, -0.2) is 9.59 Å². The van der Waals surface area contributed by atoms with Crippen molar-refractivity contribution in [2.45, 2.75) is 13.5 Å². The SMILES string of the molecule is COCOc1c(C)cc2c(c1C(=O)OC)C(=O)C=C(NC(=O)OCc1ccccc1)C2=O. The van der Waals surface area contributed by atoms with Crippen molar-refractivity contribution in [2.75, 3.05) is 21.0 Å². The minimum atomic E-state index is -0.894. The van der Waals surface area contributed by atoms with Crippen molar-refractivity contribution in [1.82, 2.24) is 5.32 Å². The fourth-order valence-electron chi connectivity index (χ4n) is 3.21. The number of carbonyl (C=O) groups is 4. The molecule has 9 nitrogen and oxygen atoms in total. The van der Waals surface area contributed by atoms with Gasteiger partial charge in [-0.1, -0.05) is 30.3 Å². The average Bonchev–Trinajstić information content (AvgIpc) is 2.79. The molecule has 0 saturated carbocycles. The van der Waals surface area contributed by atoms with Gasteiger partial charge in [-0.3, -0.25) is 14.9 Å². The fourth-order valence-corrected chi connectivity index (χ4v) is 3.21. The number of rotatable bonds is 7. The molecule has 2 aromatic rings.